The number of carbonyl (C=O) groups excluding carboxylic acids is 1. The molecule has 6 nitrogen and oxygen atoms in total. The fraction of sp³-hybridized carbons (Fsp3) is 0.368. The van der Waals surface area contributed by atoms with Crippen molar-refractivity contribution >= 4 is 5.91 Å². The lowest BCUT2D eigenvalue weighted by Gasteiger charge is -2.24. The SMILES string of the molecule is COc1cc(CNC(=O)C(C)(O)Cn2c(C)cccc2=O)ccc1C. The smallest absolute Gasteiger partial charge is 0.253 e. The van der Waals surface area contributed by atoms with Gasteiger partial charge in [-0.2, -0.15) is 0 Å². The van der Waals surface area contributed by atoms with Crippen LogP contribution in [0.15, 0.2) is 41.2 Å². The second-order valence-corrected chi connectivity index (χ2v) is 6.35. The Morgan fingerprint density at radius 2 is 2.00 bits per heavy atom. The quantitative estimate of drug-likeness (QED) is 0.833. The monoisotopic (exact) mass is 344 g/mol. The number of ether oxygens (including phenoxy) is 1. The number of aliphatic hydroxyl groups is 1. The molecule has 0 aliphatic carbocycles. The molecule has 1 atom stereocenters. The molecule has 1 aromatic carbocycles. The fourth-order valence-corrected chi connectivity index (χ4v) is 2.55. The molecule has 2 aromatic rings. The number of hydrogen-bond acceptors (Lipinski definition) is 4. The molecule has 1 heterocycles. The number of nitrogens with zero attached hydrogens (tertiary/aromatic N) is 1. The number of amides is 1. The van der Waals surface area contributed by atoms with E-state index in [9.17, 15) is 14.7 Å². The summed E-state index contributed by atoms with van der Waals surface area (Å²) >= 11 is 0. The van der Waals surface area contributed by atoms with Crippen LogP contribution in [0, 0.1) is 13.8 Å². The average molecular weight is 344 g/mol. The molecule has 2 N–H and O–H groups in total. The number of hydrogen-bond donors (Lipinski definition) is 2. The van der Waals surface area contributed by atoms with E-state index in [1.165, 1.54) is 17.6 Å². The van der Waals surface area contributed by atoms with Crippen LogP contribution in [0.25, 0.3) is 0 Å². The molecule has 0 aliphatic rings. The second kappa shape index (κ2) is 7.53. The van der Waals surface area contributed by atoms with Gasteiger partial charge < -0.3 is 19.7 Å². The molecule has 0 saturated carbocycles. The predicted octanol–water partition coefficient (Wildman–Crippen LogP) is 1.54. The minimum absolute atomic E-state index is 0.110. The Morgan fingerprint density at radius 1 is 1.28 bits per heavy atom. The summed E-state index contributed by atoms with van der Waals surface area (Å²) in [6, 6.07) is 10.4. The number of carbonyl (C=O) groups is 1. The Balaban J connectivity index is 2.07. The molecule has 0 radical (unpaired) electrons. The molecule has 0 saturated heterocycles. The minimum Gasteiger partial charge on any atom is -0.496 e. The fourth-order valence-electron chi connectivity index (χ4n) is 2.55. The standard InChI is InChI=1S/C19H24N2O4/c1-13-8-9-15(10-16(13)25-4)11-20-18(23)19(3,24)12-21-14(2)6-5-7-17(21)22/h5-10,24H,11-12H2,1-4H3,(H,20,23). The highest BCUT2D eigenvalue weighted by atomic mass is 16.5. The highest BCUT2D eigenvalue weighted by Gasteiger charge is 2.31. The molecule has 0 spiro atoms. The van der Waals surface area contributed by atoms with E-state index in [0.717, 1.165) is 16.9 Å². The van der Waals surface area contributed by atoms with Gasteiger partial charge in [-0.25, -0.2) is 0 Å². The van der Waals surface area contributed by atoms with E-state index in [4.69, 9.17) is 4.74 Å². The van der Waals surface area contributed by atoms with E-state index in [1.807, 2.05) is 25.1 Å². The maximum Gasteiger partial charge on any atom is 0.253 e. The van der Waals surface area contributed by atoms with Crippen molar-refractivity contribution < 1.29 is 14.6 Å². The lowest BCUT2D eigenvalue weighted by atomic mass is 10.1. The van der Waals surface area contributed by atoms with E-state index in [2.05, 4.69) is 5.32 Å². The van der Waals surface area contributed by atoms with Crippen LogP contribution in [0.1, 0.15) is 23.7 Å². The number of rotatable bonds is 6. The molecule has 25 heavy (non-hydrogen) atoms. The van der Waals surface area contributed by atoms with Crippen LogP contribution in [-0.2, 0) is 17.9 Å². The van der Waals surface area contributed by atoms with E-state index in [1.54, 1.807) is 26.2 Å². The van der Waals surface area contributed by atoms with Gasteiger partial charge in [0.25, 0.3) is 11.5 Å². The Morgan fingerprint density at radius 3 is 2.64 bits per heavy atom. The van der Waals surface area contributed by atoms with Gasteiger partial charge in [-0.3, -0.25) is 9.59 Å². The molecule has 2 rings (SSSR count). The van der Waals surface area contributed by atoms with Gasteiger partial charge in [0.15, 0.2) is 5.60 Å². The highest BCUT2D eigenvalue weighted by molar-refractivity contribution is 5.84. The average Bonchev–Trinajstić information content (AvgIpc) is 2.57. The topological polar surface area (TPSA) is 80.6 Å². The number of benzene rings is 1. The van der Waals surface area contributed by atoms with Crippen LogP contribution in [0.3, 0.4) is 0 Å². The summed E-state index contributed by atoms with van der Waals surface area (Å²) in [5.74, 6) is 0.201. The van der Waals surface area contributed by atoms with Gasteiger partial charge >= 0.3 is 0 Å². The molecular formula is C19H24N2O4. The Kier molecular flexibility index (Phi) is 5.64. The summed E-state index contributed by atoms with van der Waals surface area (Å²) in [6.45, 7) is 5.24. The van der Waals surface area contributed by atoms with Crippen molar-refractivity contribution in [2.75, 3.05) is 7.11 Å². The third-order valence-electron chi connectivity index (χ3n) is 4.15. The summed E-state index contributed by atoms with van der Waals surface area (Å²) in [5, 5.41) is 13.2. The summed E-state index contributed by atoms with van der Waals surface area (Å²) in [7, 11) is 1.59. The van der Waals surface area contributed by atoms with E-state index in [-0.39, 0.29) is 18.6 Å². The maximum absolute atomic E-state index is 12.4. The first-order chi connectivity index (χ1) is 11.7. The molecule has 1 aromatic heterocycles. The van der Waals surface area contributed by atoms with Crippen molar-refractivity contribution in [3.05, 3.63) is 63.6 Å². The number of nitrogens with one attached hydrogen (secondary N) is 1. The second-order valence-electron chi connectivity index (χ2n) is 6.35. The van der Waals surface area contributed by atoms with Crippen molar-refractivity contribution in [1.29, 1.82) is 0 Å². The van der Waals surface area contributed by atoms with Crippen LogP contribution >= 0.6 is 0 Å². The van der Waals surface area contributed by atoms with Crippen LogP contribution in [-0.4, -0.2) is 28.3 Å². The minimum atomic E-state index is -1.70. The van der Waals surface area contributed by atoms with Crippen molar-refractivity contribution in [3.8, 4) is 5.75 Å². The third-order valence-corrected chi connectivity index (χ3v) is 4.15. The van der Waals surface area contributed by atoms with Crippen LogP contribution in [0.4, 0.5) is 0 Å². The van der Waals surface area contributed by atoms with Crippen molar-refractivity contribution in [2.45, 2.75) is 39.5 Å². The van der Waals surface area contributed by atoms with Crippen molar-refractivity contribution in [3.63, 3.8) is 0 Å². The lowest BCUT2D eigenvalue weighted by molar-refractivity contribution is -0.139. The predicted molar refractivity (Wildman–Crippen MR) is 95.6 cm³/mol. The van der Waals surface area contributed by atoms with Crippen LogP contribution in [0.5, 0.6) is 5.75 Å². The molecular weight excluding hydrogens is 320 g/mol. The third kappa shape index (κ3) is 4.48. The molecule has 1 amide bonds. The Bertz CT molecular complexity index is 824. The highest BCUT2D eigenvalue weighted by Crippen LogP contribution is 2.19. The zero-order chi connectivity index (χ0) is 18.6. The number of aryl methyl sites for hydroxylation is 2. The first-order valence-corrected chi connectivity index (χ1v) is 8.05. The van der Waals surface area contributed by atoms with Crippen molar-refractivity contribution in [1.82, 2.24) is 9.88 Å². The molecule has 134 valence electrons. The first-order valence-electron chi connectivity index (χ1n) is 8.05. The molecule has 6 heteroatoms. The van der Waals surface area contributed by atoms with Gasteiger partial charge in [-0.1, -0.05) is 18.2 Å². The normalized spacial score (nSPS) is 13.2. The van der Waals surface area contributed by atoms with Gasteiger partial charge in [0.1, 0.15) is 5.75 Å². The lowest BCUT2D eigenvalue weighted by Crippen LogP contribution is -2.48. The van der Waals surface area contributed by atoms with Crippen LogP contribution in [0.2, 0.25) is 0 Å². The van der Waals surface area contributed by atoms with Crippen molar-refractivity contribution in [2.24, 2.45) is 0 Å². The van der Waals surface area contributed by atoms with E-state index >= 15 is 0 Å². The zero-order valence-electron chi connectivity index (χ0n) is 15.0. The van der Waals surface area contributed by atoms with Gasteiger partial charge in [0.05, 0.1) is 13.7 Å². The van der Waals surface area contributed by atoms with E-state index in [0.29, 0.717) is 5.69 Å². The largest absolute Gasteiger partial charge is 0.496 e. The van der Waals surface area contributed by atoms with Gasteiger partial charge in [-0.05, 0) is 44.0 Å². The number of methoxy groups -OCH3 is 1. The van der Waals surface area contributed by atoms with Gasteiger partial charge in [0.2, 0.25) is 0 Å². The Labute approximate surface area is 147 Å². The zero-order valence-corrected chi connectivity index (χ0v) is 15.0. The van der Waals surface area contributed by atoms with Crippen LogP contribution < -0.4 is 15.6 Å². The molecule has 0 aliphatic heterocycles. The van der Waals surface area contributed by atoms with Gasteiger partial charge in [0, 0.05) is 18.3 Å². The summed E-state index contributed by atoms with van der Waals surface area (Å²) in [5.41, 5.74) is 0.591. The Hall–Kier alpha value is -2.60. The molecule has 0 bridgehead atoms. The van der Waals surface area contributed by atoms with Gasteiger partial charge in [-0.15, -0.1) is 0 Å². The molecule has 0 fully saturated rings. The van der Waals surface area contributed by atoms with E-state index < -0.39 is 11.5 Å². The summed E-state index contributed by atoms with van der Waals surface area (Å²) in [4.78, 5) is 24.3. The summed E-state index contributed by atoms with van der Waals surface area (Å²) < 4.78 is 6.65. The first kappa shape index (κ1) is 18.7. The number of pyridine rings is 1. The number of aromatic nitrogens is 1. The molecule has 1 unspecified atom stereocenters. The summed E-state index contributed by atoms with van der Waals surface area (Å²) in [6.07, 6.45) is 0. The maximum atomic E-state index is 12.4.